The Bertz CT molecular complexity index is 16.4. The van der Waals surface area contributed by atoms with Crippen molar-refractivity contribution in [3.8, 4) is 0 Å². The number of nitrogens with one attached hydrogen (secondary N) is 1. The van der Waals surface area contributed by atoms with Gasteiger partial charge in [0.1, 0.15) is 0 Å². The molecule has 0 aromatic heterocycles. The van der Waals surface area contributed by atoms with Gasteiger partial charge >= 0.3 is 0 Å². The van der Waals surface area contributed by atoms with Crippen LogP contribution in [0.1, 0.15) is 0 Å². The minimum Gasteiger partial charge on any atom is -0.680 e. The van der Waals surface area contributed by atoms with Gasteiger partial charge in [-0.1, -0.05) is 19.6 Å². The van der Waals surface area contributed by atoms with E-state index in [1.165, 1.54) is 7.05 Å². The summed E-state index contributed by atoms with van der Waals surface area (Å²) in [6, 6.07) is 0. The van der Waals surface area contributed by atoms with Crippen molar-refractivity contribution >= 4 is 8.80 Å². The predicted molar refractivity (Wildman–Crippen MR) is 33.6 cm³/mol. The van der Waals surface area contributed by atoms with Gasteiger partial charge in [0.25, 0.3) is 0 Å². The molecule has 0 saturated carbocycles. The Morgan fingerprint density at radius 3 is 1.00 bits per heavy atom. The normalized spacial score (nSPS) is 6.00. The Morgan fingerprint density at radius 1 is 1.00 bits per heavy atom. The molecule has 7 heavy (non-hydrogen) atoms. The first-order chi connectivity index (χ1) is 2.73. The first-order valence-electron chi connectivity index (χ1n) is 2.00. The third-order valence-corrected chi connectivity index (χ3v) is 0. The van der Waals surface area contributed by atoms with Crippen LogP contribution >= 0.6 is 0 Å². The summed E-state index contributed by atoms with van der Waals surface area (Å²) in [7, 11) is 1.37. The molecular formula is C4H13NSiY-. The van der Waals surface area contributed by atoms with Crippen LogP contribution in [0.2, 0.25) is 19.6 Å². The van der Waals surface area contributed by atoms with Crippen molar-refractivity contribution in [2.24, 2.45) is 0 Å². The molecule has 0 aromatic carbocycles. The smallest absolute Gasteiger partial charge is 0.0379 e. The van der Waals surface area contributed by atoms with Crippen molar-refractivity contribution in [1.82, 2.24) is 0 Å². The molecule has 0 rings (SSSR count). The summed E-state index contributed by atoms with van der Waals surface area (Å²) in [5.74, 6) is 0. The average molecular weight is 192 g/mol. The van der Waals surface area contributed by atoms with Gasteiger partial charge in [-0.15, -0.1) is 0 Å². The molecule has 0 unspecified atom stereocenters. The summed E-state index contributed by atoms with van der Waals surface area (Å²) in [6.07, 6.45) is 0. The number of hydrogen-bond acceptors (Lipinski definition) is 0. The van der Waals surface area contributed by atoms with Gasteiger partial charge in [0.15, 0.2) is 0 Å². The minimum absolute atomic E-state index is 0. The van der Waals surface area contributed by atoms with E-state index < -0.39 is 0 Å². The first-order valence-corrected chi connectivity index (χ1v) is 5.00. The van der Waals surface area contributed by atoms with Crippen LogP contribution in [0.5, 0.6) is 0 Å². The molecule has 0 aliphatic rings. The first kappa shape index (κ1) is 15.7. The summed E-state index contributed by atoms with van der Waals surface area (Å²) in [6.45, 7) is 6.81. The maximum atomic E-state index is 5.75. The van der Waals surface area contributed by atoms with Crippen LogP contribution in [0, 0.1) is 0 Å². The van der Waals surface area contributed by atoms with E-state index in [1.807, 2.05) is 0 Å². The van der Waals surface area contributed by atoms with E-state index in [4.69, 9.17) is 5.73 Å². The van der Waals surface area contributed by atoms with Crippen LogP contribution < -0.4 is 0 Å². The second-order valence-electron chi connectivity index (χ2n) is 1.50. The molecule has 0 aliphatic heterocycles. The fourth-order valence-corrected chi connectivity index (χ4v) is 0. The molecular weight excluding hydrogens is 179 g/mol. The zero-order valence-corrected chi connectivity index (χ0v) is 9.42. The molecule has 1 N–H and O–H groups in total. The van der Waals surface area contributed by atoms with Gasteiger partial charge in [0.2, 0.25) is 0 Å². The van der Waals surface area contributed by atoms with Gasteiger partial charge in [0, 0.05) is 41.5 Å². The maximum absolute atomic E-state index is 5.75. The van der Waals surface area contributed by atoms with Gasteiger partial charge in [-0.05, 0) is 0 Å². The quantitative estimate of drug-likeness (QED) is 0.524. The van der Waals surface area contributed by atoms with Crippen molar-refractivity contribution in [1.29, 1.82) is 0 Å². The summed E-state index contributed by atoms with van der Waals surface area (Å²) < 4.78 is 0. The largest absolute Gasteiger partial charge is 0.680 e. The Balaban J connectivity index is -0.0000000480. The summed E-state index contributed by atoms with van der Waals surface area (Å²) in [5, 5.41) is 0. The van der Waals surface area contributed by atoms with Gasteiger partial charge in [0.05, 0.1) is 0 Å². The van der Waals surface area contributed by atoms with Gasteiger partial charge < -0.3 is 5.73 Å². The number of rotatable bonds is 0. The van der Waals surface area contributed by atoms with Gasteiger partial charge in [-0.2, -0.15) is 7.05 Å². The molecule has 0 aromatic rings. The second kappa shape index (κ2) is 15.7. The Labute approximate surface area is 73.5 Å². The van der Waals surface area contributed by atoms with Crippen molar-refractivity contribution in [3.05, 3.63) is 5.73 Å². The summed E-state index contributed by atoms with van der Waals surface area (Å²) in [5.41, 5.74) is 5.75. The molecule has 0 heterocycles. The van der Waals surface area contributed by atoms with E-state index in [0.717, 1.165) is 0 Å². The third-order valence-electron chi connectivity index (χ3n) is 0. The molecule has 3 heteroatoms. The topological polar surface area (TPSA) is 23.8 Å². The van der Waals surface area contributed by atoms with E-state index in [9.17, 15) is 0 Å². The van der Waals surface area contributed by atoms with E-state index in [1.54, 1.807) is 0 Å². The molecule has 0 aliphatic carbocycles. The SMILES string of the molecule is C[NH-].C[Si](C)C.[Y]. The van der Waals surface area contributed by atoms with Crippen LogP contribution in [-0.4, -0.2) is 15.8 Å². The molecule has 0 amide bonds. The monoisotopic (exact) mass is 192 g/mol. The third kappa shape index (κ3) is 124. The fraction of sp³-hybridized carbons (Fsp3) is 1.00. The van der Waals surface area contributed by atoms with E-state index in [-0.39, 0.29) is 41.5 Å². The Hall–Kier alpha value is 1.28. The van der Waals surface area contributed by atoms with Crippen molar-refractivity contribution in [3.63, 3.8) is 0 Å². The van der Waals surface area contributed by atoms with Crippen LogP contribution in [0.4, 0.5) is 0 Å². The molecule has 0 atom stereocenters. The van der Waals surface area contributed by atoms with E-state index in [2.05, 4.69) is 19.6 Å². The van der Waals surface area contributed by atoms with Crippen LogP contribution in [0.25, 0.3) is 5.73 Å². The second-order valence-corrected chi connectivity index (χ2v) is 4.50. The fourth-order valence-electron chi connectivity index (χ4n) is 0. The molecule has 2 radical (unpaired) electrons. The summed E-state index contributed by atoms with van der Waals surface area (Å²) in [4.78, 5) is 0. The van der Waals surface area contributed by atoms with Crippen molar-refractivity contribution in [2.45, 2.75) is 19.6 Å². The summed E-state index contributed by atoms with van der Waals surface area (Å²) >= 11 is 0. The number of hydrogen-bond donors (Lipinski definition) is 0. The zero-order valence-electron chi connectivity index (χ0n) is 5.58. The Kier molecular flexibility index (Phi) is 35.2. The molecule has 42 valence electrons. The molecule has 0 fully saturated rings. The Morgan fingerprint density at radius 2 is 1.00 bits per heavy atom. The minimum atomic E-state index is 0. The molecule has 0 spiro atoms. The maximum Gasteiger partial charge on any atom is 0.0379 e. The van der Waals surface area contributed by atoms with E-state index in [0.29, 0.717) is 0 Å². The predicted octanol–water partition coefficient (Wildman–Crippen LogP) is 2.04. The van der Waals surface area contributed by atoms with Crippen molar-refractivity contribution in [2.75, 3.05) is 7.05 Å². The van der Waals surface area contributed by atoms with Gasteiger partial charge in [-0.3, -0.25) is 0 Å². The molecule has 1 nitrogen and oxygen atoms in total. The average Bonchev–Trinajstić information content (AvgIpc) is 1.41. The standard InChI is InChI=1S/C3H9Si.CH4N.Y/c1-4(2)3;1-2;/h1-3H3;2H,1H3;/q;-1;. The zero-order chi connectivity index (χ0) is 5.58. The van der Waals surface area contributed by atoms with Crippen LogP contribution in [0.15, 0.2) is 0 Å². The molecule has 0 saturated heterocycles. The van der Waals surface area contributed by atoms with Crippen LogP contribution in [-0.2, 0) is 32.7 Å². The van der Waals surface area contributed by atoms with Gasteiger partial charge in [-0.25, -0.2) is 0 Å². The molecule has 0 bridgehead atoms. The van der Waals surface area contributed by atoms with E-state index >= 15 is 0 Å². The van der Waals surface area contributed by atoms with Crippen LogP contribution in [0.3, 0.4) is 0 Å². The van der Waals surface area contributed by atoms with Crippen molar-refractivity contribution < 1.29 is 32.7 Å².